The van der Waals surface area contributed by atoms with Crippen LogP contribution in [0, 0.1) is 12.8 Å². The molecule has 0 radical (unpaired) electrons. The van der Waals surface area contributed by atoms with Crippen LogP contribution < -0.4 is 14.4 Å². The van der Waals surface area contributed by atoms with Crippen LogP contribution in [0.3, 0.4) is 0 Å². The van der Waals surface area contributed by atoms with Crippen LogP contribution in [0.15, 0.2) is 48.5 Å². The van der Waals surface area contributed by atoms with E-state index in [1.165, 1.54) is 4.90 Å². The molecule has 1 N–H and O–H groups in total. The lowest BCUT2D eigenvalue weighted by Crippen LogP contribution is -2.51. The van der Waals surface area contributed by atoms with E-state index in [4.69, 9.17) is 4.74 Å². The molecule has 0 aromatic heterocycles. The number of ether oxygens (including phenoxy) is 1. The SMILES string of the molecule is COc1cccc(CN(C(=O)CN(c2ccc(C)cc2)S(C)(=O)=O)C(C)C(=O)NCC(C)C)c1. The topological polar surface area (TPSA) is 96.0 Å². The van der Waals surface area contributed by atoms with Crippen molar-refractivity contribution >= 4 is 27.5 Å². The van der Waals surface area contributed by atoms with Crippen molar-refractivity contribution in [1.82, 2.24) is 10.2 Å². The third kappa shape index (κ3) is 7.76. The Hall–Kier alpha value is -3.07. The first-order valence-corrected chi connectivity index (χ1v) is 13.0. The first-order chi connectivity index (χ1) is 15.9. The highest BCUT2D eigenvalue weighted by Crippen LogP contribution is 2.20. The number of sulfonamides is 1. The van der Waals surface area contributed by atoms with Crippen molar-refractivity contribution in [2.45, 2.75) is 40.3 Å². The van der Waals surface area contributed by atoms with Gasteiger partial charge in [-0.3, -0.25) is 13.9 Å². The van der Waals surface area contributed by atoms with Crippen LogP contribution in [-0.4, -0.2) is 57.6 Å². The zero-order chi connectivity index (χ0) is 25.5. The molecule has 0 bridgehead atoms. The molecular weight excluding hydrogens is 454 g/mol. The van der Waals surface area contributed by atoms with E-state index in [1.54, 1.807) is 56.5 Å². The maximum Gasteiger partial charge on any atom is 0.244 e. The molecule has 186 valence electrons. The lowest BCUT2D eigenvalue weighted by Gasteiger charge is -2.31. The van der Waals surface area contributed by atoms with Gasteiger partial charge in [0, 0.05) is 13.1 Å². The molecule has 2 rings (SSSR count). The van der Waals surface area contributed by atoms with E-state index < -0.39 is 28.5 Å². The predicted octanol–water partition coefficient (Wildman–Crippen LogP) is 2.96. The summed E-state index contributed by atoms with van der Waals surface area (Å²) in [7, 11) is -2.19. The van der Waals surface area contributed by atoms with E-state index >= 15 is 0 Å². The summed E-state index contributed by atoms with van der Waals surface area (Å²) in [5, 5.41) is 2.86. The molecule has 1 atom stereocenters. The van der Waals surface area contributed by atoms with Gasteiger partial charge < -0.3 is 15.0 Å². The molecule has 1 unspecified atom stereocenters. The molecular formula is C25H35N3O5S. The lowest BCUT2D eigenvalue weighted by molar-refractivity contribution is -0.139. The van der Waals surface area contributed by atoms with Crippen LogP contribution in [0.1, 0.15) is 31.9 Å². The number of carbonyl (C=O) groups is 2. The molecule has 0 aliphatic heterocycles. The van der Waals surface area contributed by atoms with Gasteiger partial charge >= 0.3 is 0 Å². The summed E-state index contributed by atoms with van der Waals surface area (Å²) in [4.78, 5) is 27.7. The Labute approximate surface area is 202 Å². The van der Waals surface area contributed by atoms with Gasteiger partial charge in [0.2, 0.25) is 21.8 Å². The molecule has 8 nitrogen and oxygen atoms in total. The number of methoxy groups -OCH3 is 1. The molecule has 2 aromatic carbocycles. The smallest absolute Gasteiger partial charge is 0.244 e. The Kier molecular flexibility index (Phi) is 9.49. The number of aryl methyl sites for hydroxylation is 1. The highest BCUT2D eigenvalue weighted by molar-refractivity contribution is 7.92. The highest BCUT2D eigenvalue weighted by atomic mass is 32.2. The zero-order valence-electron chi connectivity index (χ0n) is 20.7. The molecule has 0 saturated heterocycles. The summed E-state index contributed by atoms with van der Waals surface area (Å²) in [6, 6.07) is 13.3. The predicted molar refractivity (Wildman–Crippen MR) is 134 cm³/mol. The van der Waals surface area contributed by atoms with Crippen molar-refractivity contribution in [2.75, 3.05) is 30.8 Å². The Morgan fingerprint density at radius 2 is 1.71 bits per heavy atom. The summed E-state index contributed by atoms with van der Waals surface area (Å²) in [5.74, 6) is 0.0902. The molecule has 9 heteroatoms. The molecule has 0 spiro atoms. The zero-order valence-corrected chi connectivity index (χ0v) is 21.6. The molecule has 0 aliphatic carbocycles. The third-order valence-corrected chi connectivity index (χ3v) is 6.48. The fourth-order valence-corrected chi connectivity index (χ4v) is 4.18. The van der Waals surface area contributed by atoms with Crippen LogP contribution in [0.5, 0.6) is 5.75 Å². The number of nitrogens with zero attached hydrogens (tertiary/aromatic N) is 2. The van der Waals surface area contributed by atoms with Crippen molar-refractivity contribution in [3.63, 3.8) is 0 Å². The second-order valence-electron chi connectivity index (χ2n) is 8.79. The second-order valence-corrected chi connectivity index (χ2v) is 10.7. The van der Waals surface area contributed by atoms with E-state index in [-0.39, 0.29) is 18.4 Å². The normalized spacial score (nSPS) is 12.2. The number of benzene rings is 2. The van der Waals surface area contributed by atoms with Gasteiger partial charge in [-0.2, -0.15) is 0 Å². The Morgan fingerprint density at radius 1 is 1.06 bits per heavy atom. The number of hydrogen-bond donors (Lipinski definition) is 1. The number of hydrogen-bond acceptors (Lipinski definition) is 5. The molecule has 2 amide bonds. The number of nitrogens with one attached hydrogen (secondary N) is 1. The fraction of sp³-hybridized carbons (Fsp3) is 0.440. The van der Waals surface area contributed by atoms with E-state index in [0.717, 1.165) is 21.7 Å². The highest BCUT2D eigenvalue weighted by Gasteiger charge is 2.30. The van der Waals surface area contributed by atoms with Gasteiger partial charge in [-0.15, -0.1) is 0 Å². The largest absolute Gasteiger partial charge is 0.497 e. The maximum atomic E-state index is 13.5. The van der Waals surface area contributed by atoms with E-state index in [0.29, 0.717) is 18.0 Å². The number of amides is 2. The molecule has 0 fully saturated rings. The average molecular weight is 490 g/mol. The van der Waals surface area contributed by atoms with Crippen LogP contribution in [0.2, 0.25) is 0 Å². The molecule has 0 saturated carbocycles. The maximum absolute atomic E-state index is 13.5. The van der Waals surface area contributed by atoms with Gasteiger partial charge in [-0.1, -0.05) is 43.7 Å². The Balaban J connectivity index is 2.37. The quantitative estimate of drug-likeness (QED) is 0.524. The standard InChI is InChI=1S/C25H35N3O5S/c1-18(2)15-26-25(30)20(4)27(16-21-8-7-9-23(14-21)33-5)24(29)17-28(34(6,31)32)22-12-10-19(3)11-13-22/h7-14,18,20H,15-17H2,1-6H3,(H,26,30). The van der Waals surface area contributed by atoms with Gasteiger partial charge in [-0.05, 0) is 49.6 Å². The third-order valence-electron chi connectivity index (χ3n) is 5.34. The van der Waals surface area contributed by atoms with Gasteiger partial charge in [-0.25, -0.2) is 8.42 Å². The van der Waals surface area contributed by atoms with Crippen molar-refractivity contribution < 1.29 is 22.7 Å². The Morgan fingerprint density at radius 3 is 2.26 bits per heavy atom. The summed E-state index contributed by atoms with van der Waals surface area (Å²) in [5.41, 5.74) is 2.12. The number of rotatable bonds is 11. The van der Waals surface area contributed by atoms with Gasteiger partial charge in [0.1, 0.15) is 18.3 Å². The van der Waals surface area contributed by atoms with Crippen LogP contribution in [0.4, 0.5) is 5.69 Å². The van der Waals surface area contributed by atoms with Crippen molar-refractivity contribution in [1.29, 1.82) is 0 Å². The second kappa shape index (κ2) is 11.9. The summed E-state index contributed by atoms with van der Waals surface area (Å²) >= 11 is 0. The molecule has 0 aliphatic rings. The lowest BCUT2D eigenvalue weighted by atomic mass is 10.1. The van der Waals surface area contributed by atoms with Crippen molar-refractivity contribution in [3.8, 4) is 5.75 Å². The van der Waals surface area contributed by atoms with Crippen molar-refractivity contribution in [2.24, 2.45) is 5.92 Å². The first-order valence-electron chi connectivity index (χ1n) is 11.2. The summed E-state index contributed by atoms with van der Waals surface area (Å²) in [6.45, 7) is 7.68. The van der Waals surface area contributed by atoms with Crippen LogP contribution >= 0.6 is 0 Å². The number of anilines is 1. The van der Waals surface area contributed by atoms with E-state index in [1.807, 2.05) is 26.8 Å². The fourth-order valence-electron chi connectivity index (χ4n) is 3.33. The molecule has 2 aromatic rings. The van der Waals surface area contributed by atoms with E-state index in [9.17, 15) is 18.0 Å². The minimum atomic E-state index is -3.75. The van der Waals surface area contributed by atoms with Gasteiger partial charge in [0.05, 0.1) is 19.1 Å². The summed E-state index contributed by atoms with van der Waals surface area (Å²) < 4.78 is 31.5. The average Bonchev–Trinajstić information content (AvgIpc) is 2.78. The number of carbonyl (C=O) groups excluding carboxylic acids is 2. The Bertz CT molecular complexity index is 1080. The monoisotopic (exact) mass is 489 g/mol. The molecule has 34 heavy (non-hydrogen) atoms. The van der Waals surface area contributed by atoms with Gasteiger partial charge in [0.15, 0.2) is 0 Å². The summed E-state index contributed by atoms with van der Waals surface area (Å²) in [6.07, 6.45) is 1.06. The van der Waals surface area contributed by atoms with Crippen molar-refractivity contribution in [3.05, 3.63) is 59.7 Å². The minimum absolute atomic E-state index is 0.123. The molecule has 0 heterocycles. The van der Waals surface area contributed by atoms with E-state index in [2.05, 4.69) is 5.32 Å². The first kappa shape index (κ1) is 27.2. The minimum Gasteiger partial charge on any atom is -0.497 e. The van der Waals surface area contributed by atoms with Gasteiger partial charge in [0.25, 0.3) is 0 Å². The van der Waals surface area contributed by atoms with Crippen LogP contribution in [-0.2, 0) is 26.2 Å². The van der Waals surface area contributed by atoms with Crippen LogP contribution in [0.25, 0.3) is 0 Å².